The molecule has 0 unspecified atom stereocenters. The van der Waals surface area contributed by atoms with Crippen molar-refractivity contribution in [3.05, 3.63) is 24.3 Å². The molecular weight excluding hydrogens is 278 g/mol. The number of carbonyl (C=O) groups is 2. The van der Waals surface area contributed by atoms with Crippen LogP contribution in [-0.2, 0) is 4.79 Å². The number of hydrogen-bond donors (Lipinski definition) is 3. The van der Waals surface area contributed by atoms with Gasteiger partial charge in [-0.25, -0.2) is 4.79 Å². The summed E-state index contributed by atoms with van der Waals surface area (Å²) in [6.45, 7) is 3.70. The molecule has 0 spiro atoms. The first kappa shape index (κ1) is 16.3. The minimum atomic E-state index is -0.161. The van der Waals surface area contributed by atoms with Gasteiger partial charge in [-0.05, 0) is 37.1 Å². The zero-order valence-electron chi connectivity index (χ0n) is 13.3. The Morgan fingerprint density at radius 3 is 2.05 bits per heavy atom. The zero-order valence-corrected chi connectivity index (χ0v) is 13.3. The van der Waals surface area contributed by atoms with E-state index < -0.39 is 0 Å². The Kier molecular flexibility index (Phi) is 5.81. The quantitative estimate of drug-likeness (QED) is 0.793. The summed E-state index contributed by atoms with van der Waals surface area (Å²) in [5.41, 5.74) is 1.45. The molecule has 5 heteroatoms. The van der Waals surface area contributed by atoms with Crippen LogP contribution >= 0.6 is 0 Å². The largest absolute Gasteiger partial charge is 0.335 e. The smallest absolute Gasteiger partial charge is 0.319 e. The van der Waals surface area contributed by atoms with Crippen LogP contribution in [0.2, 0.25) is 0 Å². The van der Waals surface area contributed by atoms with Gasteiger partial charge in [0.2, 0.25) is 5.91 Å². The van der Waals surface area contributed by atoms with Crippen molar-refractivity contribution in [2.45, 2.75) is 52.0 Å². The van der Waals surface area contributed by atoms with E-state index in [2.05, 4.69) is 16.0 Å². The highest BCUT2D eigenvalue weighted by molar-refractivity contribution is 5.93. The Hall–Kier alpha value is -2.04. The van der Waals surface area contributed by atoms with Crippen molar-refractivity contribution in [1.29, 1.82) is 0 Å². The standard InChI is InChI=1S/C17H25N3O2/c1-12(2)16(21)18-14-8-10-15(11-9-14)20-17(22)19-13-6-4-3-5-7-13/h8-13H,3-7H2,1-2H3,(H,18,21)(H2,19,20,22). The van der Waals surface area contributed by atoms with E-state index in [1.54, 1.807) is 24.3 Å². The van der Waals surface area contributed by atoms with Gasteiger partial charge < -0.3 is 16.0 Å². The molecule has 0 heterocycles. The highest BCUT2D eigenvalue weighted by atomic mass is 16.2. The van der Waals surface area contributed by atoms with Gasteiger partial charge in [0, 0.05) is 23.3 Å². The summed E-state index contributed by atoms with van der Waals surface area (Å²) in [7, 11) is 0. The van der Waals surface area contributed by atoms with Crippen molar-refractivity contribution in [3.8, 4) is 0 Å². The van der Waals surface area contributed by atoms with E-state index in [4.69, 9.17) is 0 Å². The van der Waals surface area contributed by atoms with Gasteiger partial charge in [0.05, 0.1) is 0 Å². The highest BCUT2D eigenvalue weighted by Gasteiger charge is 2.15. The zero-order chi connectivity index (χ0) is 15.9. The Morgan fingerprint density at radius 1 is 0.955 bits per heavy atom. The van der Waals surface area contributed by atoms with Gasteiger partial charge in [-0.3, -0.25) is 4.79 Å². The van der Waals surface area contributed by atoms with Gasteiger partial charge in [0.25, 0.3) is 0 Å². The fourth-order valence-corrected chi connectivity index (χ4v) is 2.52. The number of rotatable bonds is 4. The number of carbonyl (C=O) groups excluding carboxylic acids is 2. The molecule has 1 saturated carbocycles. The maximum atomic E-state index is 11.9. The maximum Gasteiger partial charge on any atom is 0.319 e. The SMILES string of the molecule is CC(C)C(=O)Nc1ccc(NC(=O)NC2CCCCC2)cc1. The van der Waals surface area contributed by atoms with Crippen LogP contribution in [0.25, 0.3) is 0 Å². The van der Waals surface area contributed by atoms with Crippen LogP contribution < -0.4 is 16.0 Å². The van der Waals surface area contributed by atoms with Crippen LogP contribution in [-0.4, -0.2) is 18.0 Å². The van der Waals surface area contributed by atoms with Gasteiger partial charge in [-0.2, -0.15) is 0 Å². The minimum absolute atomic E-state index is 0.0178. The van der Waals surface area contributed by atoms with Crippen LogP contribution in [0.4, 0.5) is 16.2 Å². The molecule has 0 radical (unpaired) electrons. The van der Waals surface area contributed by atoms with Gasteiger partial charge in [-0.1, -0.05) is 33.1 Å². The summed E-state index contributed by atoms with van der Waals surface area (Å²) in [5, 5.41) is 8.66. The predicted molar refractivity (Wildman–Crippen MR) is 88.9 cm³/mol. The highest BCUT2D eigenvalue weighted by Crippen LogP contribution is 2.18. The van der Waals surface area contributed by atoms with E-state index in [9.17, 15) is 9.59 Å². The number of hydrogen-bond acceptors (Lipinski definition) is 2. The lowest BCUT2D eigenvalue weighted by Gasteiger charge is -2.22. The molecule has 0 bridgehead atoms. The molecule has 0 aromatic heterocycles. The lowest BCUT2D eigenvalue weighted by Crippen LogP contribution is -2.38. The maximum absolute atomic E-state index is 11.9. The fraction of sp³-hybridized carbons (Fsp3) is 0.529. The third-order valence-corrected chi connectivity index (χ3v) is 3.88. The van der Waals surface area contributed by atoms with Crippen molar-refractivity contribution in [1.82, 2.24) is 5.32 Å². The van der Waals surface area contributed by atoms with E-state index in [-0.39, 0.29) is 17.9 Å². The number of benzene rings is 1. The van der Waals surface area contributed by atoms with Crippen molar-refractivity contribution in [3.63, 3.8) is 0 Å². The third kappa shape index (κ3) is 5.06. The van der Waals surface area contributed by atoms with Crippen LogP contribution in [0.1, 0.15) is 46.0 Å². The molecule has 3 N–H and O–H groups in total. The molecule has 22 heavy (non-hydrogen) atoms. The molecular formula is C17H25N3O2. The van der Waals surface area contributed by atoms with Crippen LogP contribution in [0, 0.1) is 5.92 Å². The molecule has 1 aliphatic rings. The van der Waals surface area contributed by atoms with Gasteiger partial charge in [0.15, 0.2) is 0 Å². The van der Waals surface area contributed by atoms with Gasteiger partial charge in [-0.15, -0.1) is 0 Å². The number of anilines is 2. The van der Waals surface area contributed by atoms with E-state index in [1.165, 1.54) is 19.3 Å². The molecule has 1 fully saturated rings. The van der Waals surface area contributed by atoms with Crippen LogP contribution in [0.3, 0.4) is 0 Å². The minimum Gasteiger partial charge on any atom is -0.335 e. The van der Waals surface area contributed by atoms with Crippen molar-refractivity contribution >= 4 is 23.3 Å². The Labute approximate surface area is 131 Å². The summed E-state index contributed by atoms with van der Waals surface area (Å²) in [4.78, 5) is 23.5. The number of nitrogens with one attached hydrogen (secondary N) is 3. The average molecular weight is 303 g/mol. The predicted octanol–water partition coefficient (Wildman–Crippen LogP) is 3.74. The summed E-state index contributed by atoms with van der Waals surface area (Å²) >= 11 is 0. The molecule has 5 nitrogen and oxygen atoms in total. The molecule has 2 rings (SSSR count). The monoisotopic (exact) mass is 303 g/mol. The Morgan fingerprint density at radius 2 is 1.50 bits per heavy atom. The Balaban J connectivity index is 1.82. The topological polar surface area (TPSA) is 70.2 Å². The van der Waals surface area contributed by atoms with Crippen molar-refractivity contribution in [2.75, 3.05) is 10.6 Å². The van der Waals surface area contributed by atoms with Crippen molar-refractivity contribution in [2.24, 2.45) is 5.92 Å². The summed E-state index contributed by atoms with van der Waals surface area (Å²) in [6, 6.07) is 7.28. The molecule has 0 aliphatic heterocycles. The second-order valence-electron chi connectivity index (χ2n) is 6.15. The molecule has 1 aliphatic carbocycles. The van der Waals surface area contributed by atoms with Crippen LogP contribution in [0.15, 0.2) is 24.3 Å². The lowest BCUT2D eigenvalue weighted by atomic mass is 9.96. The summed E-state index contributed by atoms with van der Waals surface area (Å²) in [5.74, 6) is -0.0742. The first-order valence-electron chi connectivity index (χ1n) is 8.03. The molecule has 1 aromatic rings. The molecule has 120 valence electrons. The van der Waals surface area contributed by atoms with Crippen molar-refractivity contribution < 1.29 is 9.59 Å². The lowest BCUT2D eigenvalue weighted by molar-refractivity contribution is -0.118. The van der Waals surface area contributed by atoms with E-state index >= 15 is 0 Å². The normalized spacial score (nSPS) is 15.4. The molecule has 1 aromatic carbocycles. The molecule has 3 amide bonds. The fourth-order valence-electron chi connectivity index (χ4n) is 2.52. The van der Waals surface area contributed by atoms with E-state index in [1.807, 2.05) is 13.8 Å². The number of urea groups is 1. The van der Waals surface area contributed by atoms with Gasteiger partial charge >= 0.3 is 6.03 Å². The second kappa shape index (κ2) is 7.82. The molecule has 0 saturated heterocycles. The summed E-state index contributed by atoms with van der Waals surface area (Å²) < 4.78 is 0. The average Bonchev–Trinajstić information content (AvgIpc) is 2.50. The second-order valence-corrected chi connectivity index (χ2v) is 6.15. The summed E-state index contributed by atoms with van der Waals surface area (Å²) in [6.07, 6.45) is 5.77. The Bertz CT molecular complexity index is 505. The van der Waals surface area contributed by atoms with Gasteiger partial charge in [0.1, 0.15) is 0 Å². The van der Waals surface area contributed by atoms with Crippen LogP contribution in [0.5, 0.6) is 0 Å². The first-order valence-corrected chi connectivity index (χ1v) is 8.03. The van der Waals surface area contributed by atoms with E-state index in [0.717, 1.165) is 24.2 Å². The first-order chi connectivity index (χ1) is 10.5. The third-order valence-electron chi connectivity index (χ3n) is 3.88. The van der Waals surface area contributed by atoms with E-state index in [0.29, 0.717) is 6.04 Å². The molecule has 0 atom stereocenters. The number of amides is 3.